The van der Waals surface area contributed by atoms with E-state index in [-0.39, 0.29) is 30.4 Å². The maximum atomic E-state index is 14.4. The summed E-state index contributed by atoms with van der Waals surface area (Å²) in [5, 5.41) is 3.35. The Morgan fingerprint density at radius 2 is 2.00 bits per heavy atom. The molecule has 1 aromatic carbocycles. The lowest BCUT2D eigenvalue weighted by Crippen LogP contribution is -3.09. The Kier molecular flexibility index (Phi) is 6.36. The van der Waals surface area contributed by atoms with Crippen molar-refractivity contribution in [1.29, 1.82) is 0 Å². The molecule has 2 rings (SSSR count). The molecular weight excluding hydrogens is 355 g/mol. The Morgan fingerprint density at radius 1 is 1.31 bits per heavy atom. The summed E-state index contributed by atoms with van der Waals surface area (Å²) < 4.78 is 20.2. The van der Waals surface area contributed by atoms with E-state index >= 15 is 0 Å². The van der Waals surface area contributed by atoms with Crippen LogP contribution in [0.1, 0.15) is 42.9 Å². The number of ether oxygens (including phenoxy) is 1. The van der Waals surface area contributed by atoms with Crippen LogP contribution in [0.15, 0.2) is 18.2 Å². The zero-order valence-electron chi connectivity index (χ0n) is 15.9. The van der Waals surface area contributed by atoms with Gasteiger partial charge in [-0.1, -0.05) is 6.07 Å². The van der Waals surface area contributed by atoms with E-state index in [0.717, 1.165) is 4.90 Å². The van der Waals surface area contributed by atoms with Gasteiger partial charge in [0.25, 0.3) is 5.91 Å². The van der Waals surface area contributed by atoms with Crippen LogP contribution in [0.25, 0.3) is 10.1 Å². The van der Waals surface area contributed by atoms with Gasteiger partial charge in [0.15, 0.2) is 6.54 Å². The van der Waals surface area contributed by atoms with E-state index in [0.29, 0.717) is 27.1 Å². The van der Waals surface area contributed by atoms with Crippen LogP contribution in [0.4, 0.5) is 4.39 Å². The molecule has 0 aliphatic rings. The molecule has 0 bridgehead atoms. The van der Waals surface area contributed by atoms with Crippen LogP contribution in [0.5, 0.6) is 0 Å². The van der Waals surface area contributed by atoms with Gasteiger partial charge >= 0.3 is 5.97 Å². The number of fused-ring (bicyclic) bond motifs is 1. The van der Waals surface area contributed by atoms with E-state index in [4.69, 9.17) is 4.74 Å². The SMILES string of the molecule is CCOC(=O)c1sc2cccc(F)c2c1C[NH+](C)CC(=O)NC(C)(C)C. The summed E-state index contributed by atoms with van der Waals surface area (Å²) in [6.07, 6.45) is 0. The van der Waals surface area contributed by atoms with Gasteiger partial charge < -0.3 is 15.0 Å². The summed E-state index contributed by atoms with van der Waals surface area (Å²) in [5.74, 6) is -0.904. The van der Waals surface area contributed by atoms with Crippen molar-refractivity contribution in [2.75, 3.05) is 20.2 Å². The second-order valence-corrected chi connectivity index (χ2v) is 8.40. The molecule has 0 radical (unpaired) electrons. The Hall–Kier alpha value is -1.99. The minimum Gasteiger partial charge on any atom is -0.462 e. The number of hydrogen-bond donors (Lipinski definition) is 2. The molecular formula is C19H26FN2O3S+. The quantitative estimate of drug-likeness (QED) is 0.754. The van der Waals surface area contributed by atoms with Crippen molar-refractivity contribution in [3.63, 3.8) is 0 Å². The first kappa shape index (κ1) is 20.3. The average Bonchev–Trinajstić information content (AvgIpc) is 2.85. The largest absolute Gasteiger partial charge is 0.462 e. The topological polar surface area (TPSA) is 59.8 Å². The highest BCUT2D eigenvalue weighted by Gasteiger charge is 2.25. The molecule has 2 N–H and O–H groups in total. The van der Waals surface area contributed by atoms with E-state index in [2.05, 4.69) is 5.32 Å². The number of esters is 1. The van der Waals surface area contributed by atoms with Crippen LogP contribution in [0.3, 0.4) is 0 Å². The zero-order chi connectivity index (χ0) is 19.5. The van der Waals surface area contributed by atoms with Crippen LogP contribution < -0.4 is 10.2 Å². The first-order valence-corrected chi connectivity index (χ1v) is 9.43. The minimum atomic E-state index is -0.449. The molecule has 142 valence electrons. The summed E-state index contributed by atoms with van der Waals surface area (Å²) in [4.78, 5) is 25.7. The lowest BCUT2D eigenvalue weighted by atomic mass is 10.1. The van der Waals surface area contributed by atoms with Gasteiger partial charge in [-0.25, -0.2) is 9.18 Å². The van der Waals surface area contributed by atoms with E-state index in [1.54, 1.807) is 19.1 Å². The minimum absolute atomic E-state index is 0.0901. The van der Waals surface area contributed by atoms with Gasteiger partial charge in [-0.3, -0.25) is 4.79 Å². The first-order valence-electron chi connectivity index (χ1n) is 8.61. The highest BCUT2D eigenvalue weighted by atomic mass is 32.1. The van der Waals surface area contributed by atoms with Crippen molar-refractivity contribution in [3.8, 4) is 0 Å². The van der Waals surface area contributed by atoms with Gasteiger partial charge in [0, 0.05) is 21.2 Å². The van der Waals surface area contributed by atoms with E-state index in [9.17, 15) is 14.0 Å². The van der Waals surface area contributed by atoms with Crippen LogP contribution in [0, 0.1) is 5.82 Å². The number of benzene rings is 1. The van der Waals surface area contributed by atoms with E-state index < -0.39 is 5.97 Å². The fourth-order valence-corrected chi connectivity index (χ4v) is 3.93. The third-order valence-corrected chi connectivity index (χ3v) is 4.86. The van der Waals surface area contributed by atoms with Crippen molar-refractivity contribution in [1.82, 2.24) is 5.32 Å². The molecule has 1 heterocycles. The van der Waals surface area contributed by atoms with Crippen LogP contribution in [-0.4, -0.2) is 37.6 Å². The first-order chi connectivity index (χ1) is 12.1. The van der Waals surface area contributed by atoms with Crippen LogP contribution in [-0.2, 0) is 16.1 Å². The molecule has 0 aliphatic heterocycles. The number of thiophene rings is 1. The molecule has 5 nitrogen and oxygen atoms in total. The second kappa shape index (κ2) is 8.14. The van der Waals surface area contributed by atoms with Gasteiger partial charge in [0.05, 0.1) is 13.7 Å². The number of quaternary nitrogens is 1. The summed E-state index contributed by atoms with van der Waals surface area (Å²) in [6.45, 7) is 8.33. The summed E-state index contributed by atoms with van der Waals surface area (Å²) in [5.41, 5.74) is 0.289. The fourth-order valence-electron chi connectivity index (χ4n) is 2.80. The molecule has 1 unspecified atom stereocenters. The summed E-state index contributed by atoms with van der Waals surface area (Å²) >= 11 is 1.23. The predicted octanol–water partition coefficient (Wildman–Crippen LogP) is 2.15. The van der Waals surface area contributed by atoms with Crippen molar-refractivity contribution in [3.05, 3.63) is 34.5 Å². The average molecular weight is 381 g/mol. The second-order valence-electron chi connectivity index (χ2n) is 7.35. The smallest absolute Gasteiger partial charge is 0.348 e. The van der Waals surface area contributed by atoms with E-state index in [1.165, 1.54) is 17.4 Å². The van der Waals surface area contributed by atoms with E-state index in [1.807, 2.05) is 27.8 Å². The highest BCUT2D eigenvalue weighted by molar-refractivity contribution is 7.21. The Bertz CT molecular complexity index is 811. The Labute approximate surface area is 157 Å². The van der Waals surface area contributed by atoms with Crippen molar-refractivity contribution in [2.24, 2.45) is 0 Å². The van der Waals surface area contributed by atoms with Gasteiger partial charge in [-0.05, 0) is 39.8 Å². The maximum Gasteiger partial charge on any atom is 0.348 e. The van der Waals surface area contributed by atoms with Crippen molar-refractivity contribution >= 4 is 33.3 Å². The Balaban J connectivity index is 2.30. The highest BCUT2D eigenvalue weighted by Crippen LogP contribution is 2.33. The standard InChI is InChI=1S/C19H25FN2O3S/c1-6-25-18(24)17-12(16-13(20)8-7-9-14(16)26-17)10-22(5)11-15(23)21-19(2,3)4/h7-9H,6,10-11H2,1-5H3,(H,21,23)/p+1. The number of carbonyl (C=O) groups excluding carboxylic acids is 2. The number of hydrogen-bond acceptors (Lipinski definition) is 4. The van der Waals surface area contributed by atoms with Gasteiger partial charge in [-0.2, -0.15) is 0 Å². The van der Waals surface area contributed by atoms with Crippen molar-refractivity contribution < 1.29 is 23.6 Å². The number of amides is 1. The molecule has 0 saturated heterocycles. The van der Waals surface area contributed by atoms with Gasteiger partial charge in [0.1, 0.15) is 17.2 Å². The third-order valence-electron chi connectivity index (χ3n) is 3.68. The fraction of sp³-hybridized carbons (Fsp3) is 0.474. The van der Waals surface area contributed by atoms with Gasteiger partial charge in [0.2, 0.25) is 0 Å². The molecule has 1 atom stereocenters. The molecule has 7 heteroatoms. The lowest BCUT2D eigenvalue weighted by Gasteiger charge is -2.22. The molecule has 26 heavy (non-hydrogen) atoms. The number of nitrogens with one attached hydrogen (secondary N) is 2. The number of carbonyl (C=O) groups is 2. The molecule has 0 aliphatic carbocycles. The van der Waals surface area contributed by atoms with Gasteiger partial charge in [-0.15, -0.1) is 11.3 Å². The number of halogens is 1. The molecule has 0 spiro atoms. The molecule has 1 amide bonds. The maximum absolute atomic E-state index is 14.4. The monoisotopic (exact) mass is 381 g/mol. The van der Waals surface area contributed by atoms with Crippen LogP contribution in [0.2, 0.25) is 0 Å². The third kappa shape index (κ3) is 5.02. The molecule has 2 aromatic rings. The molecule has 1 aromatic heterocycles. The normalized spacial score (nSPS) is 12.8. The van der Waals surface area contributed by atoms with Crippen LogP contribution >= 0.6 is 11.3 Å². The number of likely N-dealkylation sites (N-methyl/N-ethyl adjacent to an activating group) is 1. The predicted molar refractivity (Wildman–Crippen MR) is 101 cm³/mol. The summed E-state index contributed by atoms with van der Waals surface area (Å²) in [7, 11) is 1.85. The zero-order valence-corrected chi connectivity index (χ0v) is 16.7. The summed E-state index contributed by atoms with van der Waals surface area (Å²) in [6, 6.07) is 4.80. The Morgan fingerprint density at radius 3 is 2.62 bits per heavy atom. The lowest BCUT2D eigenvalue weighted by molar-refractivity contribution is -0.885. The number of rotatable bonds is 6. The molecule has 0 fully saturated rings. The molecule has 0 saturated carbocycles. The van der Waals surface area contributed by atoms with Crippen molar-refractivity contribution in [2.45, 2.75) is 39.8 Å².